The zero-order chi connectivity index (χ0) is 11.0. The second-order valence-corrected chi connectivity index (χ2v) is 5.38. The third-order valence-corrected chi connectivity index (χ3v) is 3.99. The van der Waals surface area contributed by atoms with Crippen LogP contribution in [0.25, 0.3) is 0 Å². The molecule has 4 rings (SSSR count). The fourth-order valence-electron chi connectivity index (χ4n) is 3.16. The minimum atomic E-state index is 0.388. The van der Waals surface area contributed by atoms with Crippen LogP contribution < -0.4 is 0 Å². The highest BCUT2D eigenvalue weighted by Crippen LogP contribution is 2.39. The van der Waals surface area contributed by atoms with Gasteiger partial charge in [0.2, 0.25) is 0 Å². The standard InChI is InChI=1S/C14H19NO/c16-14-3-1-2-11(8-14)4-5-15-9-12-6-13(7-12)10-15/h1-3,8,12-13,16H,4-7,9-10H2. The van der Waals surface area contributed by atoms with Gasteiger partial charge in [0, 0.05) is 19.6 Å². The van der Waals surface area contributed by atoms with E-state index in [1.807, 2.05) is 12.1 Å². The Bertz CT molecular complexity index is 361. The first-order valence-corrected chi connectivity index (χ1v) is 6.30. The van der Waals surface area contributed by atoms with Gasteiger partial charge in [0.15, 0.2) is 0 Å². The highest BCUT2D eigenvalue weighted by molar-refractivity contribution is 5.27. The number of aromatic hydroxyl groups is 1. The monoisotopic (exact) mass is 217 g/mol. The molecule has 1 aromatic carbocycles. The van der Waals surface area contributed by atoms with Gasteiger partial charge in [-0.15, -0.1) is 0 Å². The van der Waals surface area contributed by atoms with Gasteiger partial charge >= 0.3 is 0 Å². The summed E-state index contributed by atoms with van der Waals surface area (Å²) in [4.78, 5) is 2.59. The van der Waals surface area contributed by atoms with Crippen molar-refractivity contribution in [3.05, 3.63) is 29.8 Å². The quantitative estimate of drug-likeness (QED) is 0.839. The molecule has 0 atom stereocenters. The first kappa shape index (κ1) is 10.2. The maximum absolute atomic E-state index is 9.39. The molecule has 0 aromatic heterocycles. The molecule has 0 radical (unpaired) electrons. The Labute approximate surface area is 96.9 Å². The van der Waals surface area contributed by atoms with Crippen LogP contribution in [0.2, 0.25) is 0 Å². The third-order valence-electron chi connectivity index (χ3n) is 3.99. The van der Waals surface area contributed by atoms with Crippen molar-refractivity contribution in [2.75, 3.05) is 19.6 Å². The molecule has 1 N–H and O–H groups in total. The fraction of sp³-hybridized carbons (Fsp3) is 0.571. The van der Waals surface area contributed by atoms with Crippen LogP contribution in [0, 0.1) is 11.8 Å². The van der Waals surface area contributed by atoms with Gasteiger partial charge in [-0.1, -0.05) is 12.1 Å². The van der Waals surface area contributed by atoms with E-state index >= 15 is 0 Å². The first-order chi connectivity index (χ1) is 7.79. The van der Waals surface area contributed by atoms with Crippen LogP contribution in [0.1, 0.15) is 18.4 Å². The van der Waals surface area contributed by atoms with Gasteiger partial charge < -0.3 is 10.0 Å². The van der Waals surface area contributed by atoms with E-state index in [0.29, 0.717) is 5.75 Å². The molecule has 16 heavy (non-hydrogen) atoms. The summed E-state index contributed by atoms with van der Waals surface area (Å²) in [5, 5.41) is 9.39. The van der Waals surface area contributed by atoms with Crippen molar-refractivity contribution in [1.29, 1.82) is 0 Å². The summed E-state index contributed by atoms with van der Waals surface area (Å²) in [7, 11) is 0. The van der Waals surface area contributed by atoms with E-state index in [-0.39, 0.29) is 0 Å². The Morgan fingerprint density at radius 1 is 1.19 bits per heavy atom. The summed E-state index contributed by atoms with van der Waals surface area (Å²) in [6.45, 7) is 3.75. The van der Waals surface area contributed by atoms with Crippen LogP contribution in [0.4, 0.5) is 0 Å². The Morgan fingerprint density at radius 2 is 1.94 bits per heavy atom. The predicted octanol–water partition coefficient (Wildman–Crippen LogP) is 2.28. The van der Waals surface area contributed by atoms with Crippen LogP contribution in [0.5, 0.6) is 5.75 Å². The van der Waals surface area contributed by atoms with Crippen molar-refractivity contribution in [1.82, 2.24) is 4.90 Å². The highest BCUT2D eigenvalue weighted by Gasteiger charge is 2.36. The number of benzene rings is 1. The minimum absolute atomic E-state index is 0.388. The third kappa shape index (κ3) is 2.07. The SMILES string of the molecule is Oc1cccc(CCN2CC3CC(C3)C2)c1. The lowest BCUT2D eigenvalue weighted by Gasteiger charge is -2.47. The van der Waals surface area contributed by atoms with Crippen LogP contribution >= 0.6 is 0 Å². The first-order valence-electron chi connectivity index (χ1n) is 6.30. The molecule has 1 saturated carbocycles. The van der Waals surface area contributed by atoms with Crippen LogP contribution in [0.15, 0.2) is 24.3 Å². The zero-order valence-electron chi connectivity index (χ0n) is 9.60. The van der Waals surface area contributed by atoms with E-state index < -0.39 is 0 Å². The largest absolute Gasteiger partial charge is 0.508 e. The van der Waals surface area contributed by atoms with Crippen molar-refractivity contribution in [2.24, 2.45) is 11.8 Å². The molecule has 2 heterocycles. The Hall–Kier alpha value is -1.02. The van der Waals surface area contributed by atoms with E-state index in [0.717, 1.165) is 24.8 Å². The van der Waals surface area contributed by atoms with Crippen molar-refractivity contribution in [3.63, 3.8) is 0 Å². The molecule has 2 nitrogen and oxygen atoms in total. The average Bonchev–Trinajstić information content (AvgIpc) is 2.26. The number of nitrogens with zero attached hydrogens (tertiary/aromatic N) is 1. The number of hydrogen-bond donors (Lipinski definition) is 1. The lowest BCUT2D eigenvalue weighted by molar-refractivity contribution is 0.0284. The molecule has 86 valence electrons. The second kappa shape index (κ2) is 4.10. The van der Waals surface area contributed by atoms with Gasteiger partial charge in [-0.3, -0.25) is 0 Å². The van der Waals surface area contributed by atoms with E-state index in [9.17, 15) is 5.11 Å². The smallest absolute Gasteiger partial charge is 0.115 e. The molecule has 0 amide bonds. The molecular formula is C14H19NO. The lowest BCUT2D eigenvalue weighted by atomic mass is 9.71. The van der Waals surface area contributed by atoms with Crippen LogP contribution in [-0.4, -0.2) is 29.6 Å². The van der Waals surface area contributed by atoms with Gasteiger partial charge in [-0.25, -0.2) is 0 Å². The molecule has 1 aliphatic carbocycles. The lowest BCUT2D eigenvalue weighted by Crippen LogP contribution is -2.49. The highest BCUT2D eigenvalue weighted by atomic mass is 16.3. The Balaban J connectivity index is 1.52. The van der Waals surface area contributed by atoms with Gasteiger partial charge in [0.05, 0.1) is 0 Å². The Kier molecular flexibility index (Phi) is 2.60. The van der Waals surface area contributed by atoms with Gasteiger partial charge in [0.1, 0.15) is 5.75 Å². The Morgan fingerprint density at radius 3 is 2.62 bits per heavy atom. The van der Waals surface area contributed by atoms with E-state index in [1.54, 1.807) is 6.07 Å². The molecule has 3 aliphatic rings. The van der Waals surface area contributed by atoms with Crippen molar-refractivity contribution in [3.8, 4) is 5.75 Å². The summed E-state index contributed by atoms with van der Waals surface area (Å²) in [6, 6.07) is 7.65. The molecular weight excluding hydrogens is 198 g/mol. The van der Waals surface area contributed by atoms with Crippen molar-refractivity contribution in [2.45, 2.75) is 19.3 Å². The summed E-state index contributed by atoms with van der Waals surface area (Å²) >= 11 is 0. The summed E-state index contributed by atoms with van der Waals surface area (Å²) in [5.74, 6) is 2.37. The molecule has 2 heteroatoms. The van der Waals surface area contributed by atoms with Crippen molar-refractivity contribution < 1.29 is 5.11 Å². The molecule has 2 bridgehead atoms. The van der Waals surface area contributed by atoms with Crippen LogP contribution in [0.3, 0.4) is 0 Å². The van der Waals surface area contributed by atoms with Gasteiger partial charge in [-0.05, 0) is 48.8 Å². The van der Waals surface area contributed by atoms with E-state index in [1.165, 1.54) is 31.5 Å². The number of phenolic OH excluding ortho intramolecular Hbond substituents is 1. The number of phenols is 1. The number of piperidine rings is 2. The topological polar surface area (TPSA) is 23.5 Å². The molecule has 2 aliphatic heterocycles. The summed E-state index contributed by atoms with van der Waals surface area (Å²) in [6.07, 6.45) is 4.01. The summed E-state index contributed by atoms with van der Waals surface area (Å²) < 4.78 is 0. The van der Waals surface area contributed by atoms with E-state index in [2.05, 4.69) is 11.0 Å². The average molecular weight is 217 g/mol. The zero-order valence-corrected chi connectivity index (χ0v) is 9.60. The van der Waals surface area contributed by atoms with Gasteiger partial charge in [0.25, 0.3) is 0 Å². The summed E-state index contributed by atoms with van der Waals surface area (Å²) in [5.41, 5.74) is 1.25. The predicted molar refractivity (Wildman–Crippen MR) is 64.5 cm³/mol. The number of fused-ring (bicyclic) bond motifs is 2. The molecule has 0 spiro atoms. The normalized spacial score (nSPS) is 28.8. The van der Waals surface area contributed by atoms with E-state index in [4.69, 9.17) is 0 Å². The minimum Gasteiger partial charge on any atom is -0.508 e. The van der Waals surface area contributed by atoms with Crippen LogP contribution in [-0.2, 0) is 6.42 Å². The molecule has 0 unspecified atom stereocenters. The second-order valence-electron chi connectivity index (χ2n) is 5.38. The van der Waals surface area contributed by atoms with Gasteiger partial charge in [-0.2, -0.15) is 0 Å². The fourth-order valence-corrected chi connectivity index (χ4v) is 3.16. The molecule has 1 aromatic rings. The molecule has 3 fully saturated rings. The maximum Gasteiger partial charge on any atom is 0.115 e. The van der Waals surface area contributed by atoms with Crippen molar-refractivity contribution >= 4 is 0 Å². The molecule has 2 saturated heterocycles. The number of rotatable bonds is 3. The number of hydrogen-bond acceptors (Lipinski definition) is 2. The maximum atomic E-state index is 9.39.